The molecule has 0 saturated carbocycles. The Morgan fingerprint density at radius 1 is 1.05 bits per heavy atom. The van der Waals surface area contributed by atoms with Gasteiger partial charge in [-0.05, 0) is 51.3 Å². The quantitative estimate of drug-likeness (QED) is 0.352. The average Bonchev–Trinajstić information content (AvgIpc) is 3.48. The lowest BCUT2D eigenvalue weighted by molar-refractivity contribution is -0.143. The van der Waals surface area contributed by atoms with Crippen molar-refractivity contribution >= 4 is 40.7 Å². The number of aliphatic hydroxyl groups excluding tert-OH is 1. The van der Waals surface area contributed by atoms with Crippen molar-refractivity contribution in [2.75, 3.05) is 45.9 Å². The zero-order valence-corrected chi connectivity index (χ0v) is 25.2. The lowest BCUT2D eigenvalue weighted by atomic mass is 10.1. The molecule has 1 aromatic heterocycles. The first-order valence-corrected chi connectivity index (χ1v) is 14.7. The third-order valence-corrected chi connectivity index (χ3v) is 7.78. The highest BCUT2D eigenvalue weighted by Crippen LogP contribution is 2.28. The number of carbonyl (C=O) groups is 5. The number of amides is 4. The molecule has 44 heavy (non-hydrogen) atoms. The first kappa shape index (κ1) is 32.5. The van der Waals surface area contributed by atoms with Gasteiger partial charge in [0.25, 0.3) is 11.8 Å². The highest BCUT2D eigenvalue weighted by Gasteiger charge is 2.34. The molecule has 2 fully saturated rings. The SMILES string of the molecule is CCOC(=O)N1CCN(C(=O)C(CC(=O)O)NC(=O)c2cc(O[C@@H](C)C(=O)N3CCCC3CO)c3ccc(C)cc3n2)CC1. The summed E-state index contributed by atoms with van der Waals surface area (Å²) >= 11 is 0. The Morgan fingerprint density at radius 3 is 2.41 bits per heavy atom. The molecule has 0 bridgehead atoms. The first-order valence-electron chi connectivity index (χ1n) is 14.7. The fourth-order valence-corrected chi connectivity index (χ4v) is 5.46. The van der Waals surface area contributed by atoms with E-state index < -0.39 is 42.4 Å². The normalized spacial score (nSPS) is 18.1. The third-order valence-electron chi connectivity index (χ3n) is 7.78. The van der Waals surface area contributed by atoms with Crippen molar-refractivity contribution < 1.29 is 43.7 Å². The average molecular weight is 614 g/mol. The number of hydrogen-bond donors (Lipinski definition) is 3. The second-order valence-corrected chi connectivity index (χ2v) is 10.9. The van der Waals surface area contributed by atoms with Crippen LogP contribution in [-0.4, -0.2) is 124 Å². The number of carbonyl (C=O) groups excluding carboxylic acids is 4. The van der Waals surface area contributed by atoms with Gasteiger partial charge in [0, 0.05) is 44.2 Å². The molecular weight excluding hydrogens is 574 g/mol. The maximum absolute atomic E-state index is 13.5. The molecule has 4 amide bonds. The van der Waals surface area contributed by atoms with E-state index in [-0.39, 0.29) is 62.8 Å². The van der Waals surface area contributed by atoms with Crippen LogP contribution in [0.25, 0.3) is 10.9 Å². The number of aryl methyl sites for hydroxylation is 1. The minimum Gasteiger partial charge on any atom is -0.481 e. The third kappa shape index (κ3) is 7.54. The van der Waals surface area contributed by atoms with E-state index >= 15 is 0 Å². The van der Waals surface area contributed by atoms with Gasteiger partial charge in [-0.25, -0.2) is 9.78 Å². The van der Waals surface area contributed by atoms with Gasteiger partial charge >= 0.3 is 12.1 Å². The maximum atomic E-state index is 13.5. The molecule has 3 atom stereocenters. The van der Waals surface area contributed by atoms with Crippen LogP contribution >= 0.6 is 0 Å². The number of carboxylic acid groups (broad SMARTS) is 1. The Labute approximate surface area is 254 Å². The van der Waals surface area contributed by atoms with E-state index in [0.717, 1.165) is 12.0 Å². The molecule has 14 heteroatoms. The van der Waals surface area contributed by atoms with Crippen molar-refractivity contribution in [3.63, 3.8) is 0 Å². The maximum Gasteiger partial charge on any atom is 0.409 e. The number of carboxylic acids is 1. The van der Waals surface area contributed by atoms with Gasteiger partial charge in [-0.1, -0.05) is 6.07 Å². The van der Waals surface area contributed by atoms with Crippen LogP contribution in [0.3, 0.4) is 0 Å². The molecule has 0 radical (unpaired) electrons. The number of likely N-dealkylation sites (tertiary alicyclic amines) is 1. The van der Waals surface area contributed by atoms with Gasteiger partial charge in [0.1, 0.15) is 17.5 Å². The standard InChI is InChI=1S/C30H39N5O9/c1-4-43-30(42)34-12-10-33(11-13-34)29(41)24(16-26(37)38)32-27(39)23-15-25(21-8-7-18(2)14-22(21)31-23)44-19(3)28(40)35-9-5-6-20(35)17-36/h7-8,14-15,19-20,24,36H,4-6,9-13,16-17H2,1-3H3,(H,32,39)(H,37,38)/t19-,20?,24?/m0/s1. The molecule has 3 heterocycles. The molecular formula is C30H39N5O9. The van der Waals surface area contributed by atoms with Crippen LogP contribution in [0.4, 0.5) is 4.79 Å². The van der Waals surface area contributed by atoms with Crippen molar-refractivity contribution in [1.29, 1.82) is 0 Å². The summed E-state index contributed by atoms with van der Waals surface area (Å²) in [7, 11) is 0. The fraction of sp³-hybridized carbons (Fsp3) is 0.533. The molecule has 2 aliphatic heterocycles. The Hall–Kier alpha value is -4.46. The molecule has 0 spiro atoms. The van der Waals surface area contributed by atoms with Crippen molar-refractivity contribution in [2.24, 2.45) is 0 Å². The zero-order valence-electron chi connectivity index (χ0n) is 25.2. The number of aliphatic hydroxyl groups is 1. The molecule has 238 valence electrons. The number of nitrogens with zero attached hydrogens (tertiary/aromatic N) is 4. The molecule has 4 rings (SSSR count). The van der Waals surface area contributed by atoms with Crippen molar-refractivity contribution in [1.82, 2.24) is 25.0 Å². The number of rotatable bonds is 10. The summed E-state index contributed by atoms with van der Waals surface area (Å²) in [6.07, 6.45) is -0.599. The summed E-state index contributed by atoms with van der Waals surface area (Å²) in [5.41, 5.74) is 1.15. The number of ether oxygens (including phenoxy) is 2. The molecule has 2 unspecified atom stereocenters. The minimum absolute atomic E-state index is 0.123. The second-order valence-electron chi connectivity index (χ2n) is 10.9. The summed E-state index contributed by atoms with van der Waals surface area (Å²) in [4.78, 5) is 72.5. The fourth-order valence-electron chi connectivity index (χ4n) is 5.46. The largest absolute Gasteiger partial charge is 0.481 e. The van der Waals surface area contributed by atoms with Gasteiger partial charge in [0.05, 0.1) is 31.2 Å². The van der Waals surface area contributed by atoms with Gasteiger partial charge in [0.2, 0.25) is 5.91 Å². The van der Waals surface area contributed by atoms with Crippen LogP contribution in [-0.2, 0) is 19.1 Å². The Kier molecular flexibility index (Phi) is 10.6. The number of aromatic nitrogens is 1. The van der Waals surface area contributed by atoms with E-state index in [2.05, 4.69) is 10.3 Å². The summed E-state index contributed by atoms with van der Waals surface area (Å²) in [6, 6.07) is 5.06. The molecule has 2 saturated heterocycles. The van der Waals surface area contributed by atoms with Crippen LogP contribution in [0, 0.1) is 6.92 Å². The number of piperazine rings is 1. The van der Waals surface area contributed by atoms with Gasteiger partial charge in [-0.2, -0.15) is 0 Å². The van der Waals surface area contributed by atoms with Crippen molar-refractivity contribution in [3.8, 4) is 5.75 Å². The summed E-state index contributed by atoms with van der Waals surface area (Å²) in [6.45, 7) is 6.44. The van der Waals surface area contributed by atoms with E-state index in [1.807, 2.05) is 13.0 Å². The molecule has 14 nitrogen and oxygen atoms in total. The zero-order chi connectivity index (χ0) is 32.0. The minimum atomic E-state index is -1.39. The lowest BCUT2D eigenvalue weighted by Crippen LogP contribution is -2.56. The summed E-state index contributed by atoms with van der Waals surface area (Å²) in [5, 5.41) is 22.2. The predicted molar refractivity (Wildman–Crippen MR) is 157 cm³/mol. The number of hydrogen-bond acceptors (Lipinski definition) is 9. The Balaban J connectivity index is 1.54. The molecule has 2 aliphatic rings. The van der Waals surface area contributed by atoms with Gasteiger partial charge in [0.15, 0.2) is 6.10 Å². The Bertz CT molecular complexity index is 1410. The lowest BCUT2D eigenvalue weighted by Gasteiger charge is -2.35. The van der Waals surface area contributed by atoms with Crippen LogP contribution < -0.4 is 10.1 Å². The smallest absolute Gasteiger partial charge is 0.409 e. The monoisotopic (exact) mass is 613 g/mol. The van der Waals surface area contributed by atoms with Gasteiger partial charge < -0.3 is 39.7 Å². The molecule has 1 aromatic carbocycles. The summed E-state index contributed by atoms with van der Waals surface area (Å²) in [5.74, 6) is -2.74. The van der Waals surface area contributed by atoms with E-state index in [1.54, 1.807) is 30.9 Å². The number of nitrogens with one attached hydrogen (secondary N) is 1. The topological polar surface area (TPSA) is 179 Å². The van der Waals surface area contributed by atoms with E-state index in [1.165, 1.54) is 15.9 Å². The number of benzene rings is 1. The van der Waals surface area contributed by atoms with Crippen LogP contribution in [0.5, 0.6) is 5.75 Å². The highest BCUT2D eigenvalue weighted by atomic mass is 16.6. The van der Waals surface area contributed by atoms with E-state index in [0.29, 0.717) is 23.9 Å². The van der Waals surface area contributed by atoms with Crippen LogP contribution in [0.15, 0.2) is 24.3 Å². The Morgan fingerprint density at radius 2 is 1.75 bits per heavy atom. The van der Waals surface area contributed by atoms with Gasteiger partial charge in [-0.15, -0.1) is 0 Å². The van der Waals surface area contributed by atoms with Crippen molar-refractivity contribution in [3.05, 3.63) is 35.5 Å². The van der Waals surface area contributed by atoms with Gasteiger partial charge in [-0.3, -0.25) is 19.2 Å². The van der Waals surface area contributed by atoms with Crippen LogP contribution in [0.2, 0.25) is 0 Å². The van der Waals surface area contributed by atoms with Crippen molar-refractivity contribution in [2.45, 2.75) is 58.2 Å². The summed E-state index contributed by atoms with van der Waals surface area (Å²) < 4.78 is 11.1. The van der Waals surface area contributed by atoms with E-state index in [4.69, 9.17) is 9.47 Å². The second kappa shape index (κ2) is 14.3. The number of fused-ring (bicyclic) bond motifs is 1. The molecule has 0 aliphatic carbocycles. The highest BCUT2D eigenvalue weighted by molar-refractivity contribution is 6.00. The number of aliphatic carboxylic acids is 1. The predicted octanol–water partition coefficient (Wildman–Crippen LogP) is 1.17. The first-order chi connectivity index (χ1) is 21.0. The number of pyridine rings is 1. The van der Waals surface area contributed by atoms with E-state index in [9.17, 15) is 34.2 Å². The molecule has 2 aromatic rings. The van der Waals surface area contributed by atoms with Crippen LogP contribution in [0.1, 0.15) is 49.2 Å². The molecule has 3 N–H and O–H groups in total.